The summed E-state index contributed by atoms with van der Waals surface area (Å²) >= 11 is 0. The molecular weight excluding hydrogens is 222 g/mol. The lowest BCUT2D eigenvalue weighted by atomic mass is 10.0. The molecule has 0 aromatic heterocycles. The van der Waals surface area contributed by atoms with E-state index in [-0.39, 0.29) is 11.8 Å². The first kappa shape index (κ1) is 14.0. The van der Waals surface area contributed by atoms with Gasteiger partial charge in [0.05, 0.1) is 11.5 Å². The summed E-state index contributed by atoms with van der Waals surface area (Å²) in [6.07, 6.45) is 5.49. The molecule has 4 heteroatoms. The molecule has 2 atom stereocenters. The van der Waals surface area contributed by atoms with Crippen molar-refractivity contribution in [3.05, 3.63) is 0 Å². The van der Waals surface area contributed by atoms with Crippen LogP contribution in [0.4, 0.5) is 0 Å². The van der Waals surface area contributed by atoms with Gasteiger partial charge in [-0.15, -0.1) is 0 Å². The maximum Gasteiger partial charge on any atom is 0.152 e. The minimum atomic E-state index is -2.94. The Balaban J connectivity index is 2.44. The van der Waals surface area contributed by atoms with Gasteiger partial charge in [-0.1, -0.05) is 33.1 Å². The van der Waals surface area contributed by atoms with Crippen LogP contribution in [0.3, 0.4) is 0 Å². The van der Waals surface area contributed by atoms with Crippen LogP contribution in [0.5, 0.6) is 0 Å². The van der Waals surface area contributed by atoms with Crippen LogP contribution in [-0.4, -0.2) is 26.0 Å². The Morgan fingerprint density at radius 2 is 1.88 bits per heavy atom. The van der Waals surface area contributed by atoms with Crippen molar-refractivity contribution in [1.29, 1.82) is 0 Å². The van der Waals surface area contributed by atoms with Gasteiger partial charge in [-0.2, -0.15) is 0 Å². The summed E-state index contributed by atoms with van der Waals surface area (Å²) in [5.74, 6) is 1.21. The van der Waals surface area contributed by atoms with E-state index in [0.29, 0.717) is 17.6 Å². The van der Waals surface area contributed by atoms with Gasteiger partial charge < -0.3 is 5.73 Å². The molecule has 3 nitrogen and oxygen atoms in total. The Morgan fingerprint density at radius 1 is 1.31 bits per heavy atom. The molecule has 0 radical (unpaired) electrons. The van der Waals surface area contributed by atoms with Gasteiger partial charge in [0.15, 0.2) is 9.84 Å². The van der Waals surface area contributed by atoms with Gasteiger partial charge in [0.25, 0.3) is 0 Å². The smallest absolute Gasteiger partial charge is 0.152 e. The van der Waals surface area contributed by atoms with E-state index in [0.717, 1.165) is 19.3 Å². The second-order valence-corrected chi connectivity index (χ2v) is 7.43. The van der Waals surface area contributed by atoms with Crippen molar-refractivity contribution in [2.75, 3.05) is 11.5 Å². The van der Waals surface area contributed by atoms with Crippen molar-refractivity contribution >= 4 is 9.84 Å². The topological polar surface area (TPSA) is 60.2 Å². The molecule has 0 aromatic rings. The highest BCUT2D eigenvalue weighted by Crippen LogP contribution is 2.26. The fraction of sp³-hybridized carbons (Fsp3) is 1.00. The van der Waals surface area contributed by atoms with Crippen molar-refractivity contribution in [2.24, 2.45) is 17.6 Å². The maximum absolute atomic E-state index is 11.9. The molecule has 2 unspecified atom stereocenters. The molecule has 16 heavy (non-hydrogen) atoms. The molecule has 2 N–H and O–H groups in total. The van der Waals surface area contributed by atoms with Gasteiger partial charge in [-0.3, -0.25) is 0 Å². The van der Waals surface area contributed by atoms with E-state index >= 15 is 0 Å². The van der Waals surface area contributed by atoms with Crippen molar-refractivity contribution in [2.45, 2.75) is 52.0 Å². The van der Waals surface area contributed by atoms with Crippen LogP contribution in [0, 0.1) is 11.8 Å². The molecule has 0 saturated heterocycles. The normalized spacial score (nSPS) is 22.2. The highest BCUT2D eigenvalue weighted by molar-refractivity contribution is 7.91. The number of nitrogens with two attached hydrogens (primary N) is 1. The molecule has 96 valence electrons. The van der Waals surface area contributed by atoms with E-state index in [9.17, 15) is 8.42 Å². The van der Waals surface area contributed by atoms with Gasteiger partial charge in [-0.25, -0.2) is 8.42 Å². The Kier molecular flexibility index (Phi) is 5.25. The predicted molar refractivity (Wildman–Crippen MR) is 68.0 cm³/mol. The first-order valence-electron chi connectivity index (χ1n) is 6.40. The lowest BCUT2D eigenvalue weighted by Gasteiger charge is -2.19. The number of sulfone groups is 1. The molecule has 1 rings (SSSR count). The second-order valence-electron chi connectivity index (χ2n) is 5.28. The van der Waals surface area contributed by atoms with Crippen LogP contribution in [0.25, 0.3) is 0 Å². The molecule has 0 aliphatic heterocycles. The molecule has 1 aliphatic rings. The molecule has 0 heterocycles. The Labute approximate surface area is 99.7 Å². The largest absolute Gasteiger partial charge is 0.327 e. The molecule has 0 bridgehead atoms. The van der Waals surface area contributed by atoms with Crippen molar-refractivity contribution in [1.82, 2.24) is 0 Å². The average Bonchev–Trinajstić information content (AvgIpc) is 2.67. The zero-order valence-corrected chi connectivity index (χ0v) is 11.3. The van der Waals surface area contributed by atoms with Gasteiger partial charge in [0.1, 0.15) is 0 Å². The molecule has 1 fully saturated rings. The summed E-state index contributed by atoms with van der Waals surface area (Å²) in [6.45, 7) is 4.07. The van der Waals surface area contributed by atoms with Crippen LogP contribution in [0.1, 0.15) is 46.0 Å². The van der Waals surface area contributed by atoms with E-state index in [1.807, 2.05) is 13.8 Å². The van der Waals surface area contributed by atoms with E-state index in [1.165, 1.54) is 12.8 Å². The molecular formula is C12H25NO2S. The number of hydrogen-bond donors (Lipinski definition) is 1. The molecule has 1 saturated carbocycles. The third-order valence-corrected chi connectivity index (χ3v) is 5.66. The standard InChI is InChI=1S/C12H25NO2S/c1-3-10(2)12(13)9-16(14,15)8-11-6-4-5-7-11/h10-12H,3-9,13H2,1-2H3. The fourth-order valence-electron chi connectivity index (χ4n) is 2.36. The lowest BCUT2D eigenvalue weighted by Crippen LogP contribution is -2.37. The zero-order chi connectivity index (χ0) is 12.2. The minimum Gasteiger partial charge on any atom is -0.327 e. The van der Waals surface area contributed by atoms with Crippen LogP contribution >= 0.6 is 0 Å². The van der Waals surface area contributed by atoms with Crippen LogP contribution in [0.15, 0.2) is 0 Å². The fourth-order valence-corrected chi connectivity index (χ4v) is 4.47. The predicted octanol–water partition coefficient (Wildman–Crippen LogP) is 1.96. The zero-order valence-electron chi connectivity index (χ0n) is 10.5. The first-order chi connectivity index (χ1) is 7.44. The first-order valence-corrected chi connectivity index (χ1v) is 8.22. The van der Waals surface area contributed by atoms with E-state index in [4.69, 9.17) is 5.73 Å². The monoisotopic (exact) mass is 247 g/mol. The van der Waals surface area contributed by atoms with Crippen molar-refractivity contribution < 1.29 is 8.42 Å². The quantitative estimate of drug-likeness (QED) is 0.780. The Hall–Kier alpha value is -0.0900. The van der Waals surface area contributed by atoms with Crippen molar-refractivity contribution in [3.8, 4) is 0 Å². The minimum absolute atomic E-state index is 0.165. The lowest BCUT2D eigenvalue weighted by molar-refractivity contribution is 0.463. The van der Waals surface area contributed by atoms with Crippen LogP contribution in [-0.2, 0) is 9.84 Å². The average molecular weight is 247 g/mol. The SMILES string of the molecule is CCC(C)C(N)CS(=O)(=O)CC1CCCC1. The van der Waals surface area contributed by atoms with E-state index < -0.39 is 9.84 Å². The third-order valence-electron chi connectivity index (χ3n) is 3.79. The Morgan fingerprint density at radius 3 is 2.38 bits per heavy atom. The second kappa shape index (κ2) is 6.01. The summed E-state index contributed by atoms with van der Waals surface area (Å²) in [7, 11) is -2.94. The van der Waals surface area contributed by atoms with E-state index in [1.54, 1.807) is 0 Å². The molecule has 0 aromatic carbocycles. The summed E-state index contributed by atoms with van der Waals surface area (Å²) < 4.78 is 23.9. The summed E-state index contributed by atoms with van der Waals surface area (Å²) in [4.78, 5) is 0. The van der Waals surface area contributed by atoms with Gasteiger partial charge in [0.2, 0.25) is 0 Å². The maximum atomic E-state index is 11.9. The summed E-state index contributed by atoms with van der Waals surface area (Å²) in [5, 5.41) is 0. The Bertz CT molecular complexity index is 294. The van der Waals surface area contributed by atoms with Gasteiger partial charge >= 0.3 is 0 Å². The third kappa shape index (κ3) is 4.42. The summed E-state index contributed by atoms with van der Waals surface area (Å²) in [5.41, 5.74) is 5.91. The van der Waals surface area contributed by atoms with Crippen LogP contribution in [0.2, 0.25) is 0 Å². The van der Waals surface area contributed by atoms with Gasteiger partial charge in [0, 0.05) is 6.04 Å². The number of hydrogen-bond acceptors (Lipinski definition) is 3. The molecule has 0 amide bonds. The van der Waals surface area contributed by atoms with Crippen molar-refractivity contribution in [3.63, 3.8) is 0 Å². The van der Waals surface area contributed by atoms with Gasteiger partial charge in [-0.05, 0) is 24.7 Å². The van der Waals surface area contributed by atoms with E-state index in [2.05, 4.69) is 0 Å². The number of rotatable bonds is 6. The highest BCUT2D eigenvalue weighted by Gasteiger charge is 2.25. The van der Waals surface area contributed by atoms with Crippen LogP contribution < -0.4 is 5.73 Å². The summed E-state index contributed by atoms with van der Waals surface area (Å²) in [6, 6.07) is -0.198. The highest BCUT2D eigenvalue weighted by atomic mass is 32.2. The molecule has 0 spiro atoms. The molecule has 1 aliphatic carbocycles.